The standard InChI is InChI=1S/C14H17N3O2/c1-11-3-5-13(6-4-11)19-10-14(18)17(2)9-12-7-15-16-8-12/h3-8H,9-10H2,1-2H3,(H,15,16). The van der Waals surface area contributed by atoms with E-state index < -0.39 is 0 Å². The molecule has 19 heavy (non-hydrogen) atoms. The number of carbonyl (C=O) groups excluding carboxylic acids is 1. The summed E-state index contributed by atoms with van der Waals surface area (Å²) in [4.78, 5) is 13.5. The molecule has 0 fully saturated rings. The van der Waals surface area contributed by atoms with Gasteiger partial charge in [0.2, 0.25) is 0 Å². The number of ether oxygens (including phenoxy) is 1. The van der Waals surface area contributed by atoms with Gasteiger partial charge in [-0.1, -0.05) is 17.7 Å². The molecule has 0 saturated heterocycles. The van der Waals surface area contributed by atoms with E-state index in [0.717, 1.165) is 11.1 Å². The fourth-order valence-corrected chi connectivity index (χ4v) is 1.62. The van der Waals surface area contributed by atoms with Crippen molar-refractivity contribution >= 4 is 5.91 Å². The van der Waals surface area contributed by atoms with Crippen molar-refractivity contribution < 1.29 is 9.53 Å². The first kappa shape index (κ1) is 13.1. The number of hydrogen-bond acceptors (Lipinski definition) is 3. The first-order valence-corrected chi connectivity index (χ1v) is 6.06. The molecule has 0 radical (unpaired) electrons. The third-order valence-corrected chi connectivity index (χ3v) is 2.78. The van der Waals surface area contributed by atoms with Gasteiger partial charge in [-0.2, -0.15) is 5.10 Å². The van der Waals surface area contributed by atoms with Crippen LogP contribution in [0.3, 0.4) is 0 Å². The number of aromatic nitrogens is 2. The van der Waals surface area contributed by atoms with Gasteiger partial charge in [0.05, 0.1) is 6.20 Å². The van der Waals surface area contributed by atoms with Crippen LogP contribution in [0.15, 0.2) is 36.7 Å². The molecule has 100 valence electrons. The first-order chi connectivity index (χ1) is 9.15. The van der Waals surface area contributed by atoms with E-state index >= 15 is 0 Å². The minimum Gasteiger partial charge on any atom is -0.484 e. The third kappa shape index (κ3) is 3.84. The minimum absolute atomic E-state index is 0.0391. The molecule has 2 rings (SSSR count). The van der Waals surface area contributed by atoms with Crippen LogP contribution in [0.25, 0.3) is 0 Å². The molecule has 0 bridgehead atoms. The average Bonchev–Trinajstić information content (AvgIpc) is 2.90. The molecule has 1 aromatic heterocycles. The molecule has 1 N–H and O–H groups in total. The molecular formula is C14H17N3O2. The number of benzene rings is 1. The molecule has 0 saturated carbocycles. The second-order valence-corrected chi connectivity index (χ2v) is 4.46. The van der Waals surface area contributed by atoms with Crippen LogP contribution in [0.2, 0.25) is 0 Å². The molecule has 0 spiro atoms. The fraction of sp³-hybridized carbons (Fsp3) is 0.286. The van der Waals surface area contributed by atoms with Crippen molar-refractivity contribution in [3.05, 3.63) is 47.8 Å². The van der Waals surface area contributed by atoms with E-state index in [9.17, 15) is 4.79 Å². The van der Waals surface area contributed by atoms with E-state index in [0.29, 0.717) is 12.3 Å². The van der Waals surface area contributed by atoms with E-state index in [4.69, 9.17) is 4.74 Å². The Morgan fingerprint density at radius 3 is 2.74 bits per heavy atom. The number of amides is 1. The third-order valence-electron chi connectivity index (χ3n) is 2.78. The number of rotatable bonds is 5. The van der Waals surface area contributed by atoms with Gasteiger partial charge >= 0.3 is 0 Å². The SMILES string of the molecule is Cc1ccc(OCC(=O)N(C)Cc2cn[nH]c2)cc1. The Balaban J connectivity index is 1.82. The Labute approximate surface area is 112 Å². The highest BCUT2D eigenvalue weighted by atomic mass is 16.5. The summed E-state index contributed by atoms with van der Waals surface area (Å²) in [7, 11) is 1.74. The summed E-state index contributed by atoms with van der Waals surface area (Å²) in [5, 5.41) is 6.56. The smallest absolute Gasteiger partial charge is 0.260 e. The number of nitrogens with zero attached hydrogens (tertiary/aromatic N) is 2. The molecule has 2 aromatic rings. The normalized spacial score (nSPS) is 10.2. The number of likely N-dealkylation sites (N-methyl/N-ethyl adjacent to an activating group) is 1. The minimum atomic E-state index is -0.0678. The molecule has 0 aliphatic rings. The van der Waals surface area contributed by atoms with Crippen LogP contribution >= 0.6 is 0 Å². The highest BCUT2D eigenvalue weighted by molar-refractivity contribution is 5.77. The van der Waals surface area contributed by atoms with Gasteiger partial charge in [0.1, 0.15) is 5.75 Å². The number of nitrogens with one attached hydrogen (secondary N) is 1. The van der Waals surface area contributed by atoms with Gasteiger partial charge in [0.25, 0.3) is 5.91 Å². The fourth-order valence-electron chi connectivity index (χ4n) is 1.62. The van der Waals surface area contributed by atoms with Crippen molar-refractivity contribution in [2.24, 2.45) is 0 Å². The van der Waals surface area contributed by atoms with Crippen LogP contribution in [0.5, 0.6) is 5.75 Å². The van der Waals surface area contributed by atoms with Gasteiger partial charge in [-0.05, 0) is 19.1 Å². The first-order valence-electron chi connectivity index (χ1n) is 6.06. The van der Waals surface area contributed by atoms with Crippen molar-refractivity contribution in [3.63, 3.8) is 0 Å². The summed E-state index contributed by atoms with van der Waals surface area (Å²) in [6.45, 7) is 2.57. The Bertz CT molecular complexity index is 520. The number of carbonyl (C=O) groups is 1. The molecule has 5 heteroatoms. The van der Waals surface area contributed by atoms with Gasteiger partial charge in [-0.3, -0.25) is 9.89 Å². The summed E-state index contributed by atoms with van der Waals surface area (Å²) in [5.74, 6) is 0.637. The maximum Gasteiger partial charge on any atom is 0.260 e. The molecule has 5 nitrogen and oxygen atoms in total. The zero-order valence-corrected chi connectivity index (χ0v) is 11.1. The molecule has 0 unspecified atom stereocenters. The zero-order valence-electron chi connectivity index (χ0n) is 11.1. The van der Waals surface area contributed by atoms with Gasteiger partial charge in [-0.15, -0.1) is 0 Å². The molecular weight excluding hydrogens is 242 g/mol. The van der Waals surface area contributed by atoms with Gasteiger partial charge in [-0.25, -0.2) is 0 Å². The van der Waals surface area contributed by atoms with Crippen molar-refractivity contribution in [3.8, 4) is 5.75 Å². The largest absolute Gasteiger partial charge is 0.484 e. The average molecular weight is 259 g/mol. The molecule has 1 aromatic carbocycles. The highest BCUT2D eigenvalue weighted by Crippen LogP contribution is 2.11. The predicted molar refractivity (Wildman–Crippen MR) is 71.7 cm³/mol. The van der Waals surface area contributed by atoms with Gasteiger partial charge in [0.15, 0.2) is 6.61 Å². The number of H-pyrrole nitrogens is 1. The number of hydrogen-bond donors (Lipinski definition) is 1. The Morgan fingerprint density at radius 1 is 1.37 bits per heavy atom. The van der Waals surface area contributed by atoms with E-state index in [2.05, 4.69) is 10.2 Å². The number of aryl methyl sites for hydroxylation is 1. The summed E-state index contributed by atoms with van der Waals surface area (Å²) >= 11 is 0. The van der Waals surface area contributed by atoms with Crippen molar-refractivity contribution in [1.29, 1.82) is 0 Å². The van der Waals surface area contributed by atoms with E-state index in [1.165, 1.54) is 0 Å². The van der Waals surface area contributed by atoms with E-state index in [1.807, 2.05) is 31.2 Å². The van der Waals surface area contributed by atoms with Crippen LogP contribution in [0.1, 0.15) is 11.1 Å². The molecule has 0 aliphatic carbocycles. The Kier molecular flexibility index (Phi) is 4.18. The second kappa shape index (κ2) is 6.04. The lowest BCUT2D eigenvalue weighted by Gasteiger charge is -2.16. The highest BCUT2D eigenvalue weighted by Gasteiger charge is 2.10. The maximum atomic E-state index is 11.9. The molecule has 0 aliphatic heterocycles. The lowest BCUT2D eigenvalue weighted by atomic mass is 10.2. The molecule has 1 amide bonds. The molecule has 1 heterocycles. The lowest BCUT2D eigenvalue weighted by Crippen LogP contribution is -2.30. The molecule has 0 atom stereocenters. The van der Waals surface area contributed by atoms with Crippen LogP contribution in [-0.2, 0) is 11.3 Å². The van der Waals surface area contributed by atoms with Crippen molar-refractivity contribution in [1.82, 2.24) is 15.1 Å². The summed E-state index contributed by atoms with van der Waals surface area (Å²) in [6, 6.07) is 7.63. The summed E-state index contributed by atoms with van der Waals surface area (Å²) in [5.41, 5.74) is 2.13. The monoisotopic (exact) mass is 259 g/mol. The van der Waals surface area contributed by atoms with Crippen molar-refractivity contribution in [2.45, 2.75) is 13.5 Å². The quantitative estimate of drug-likeness (QED) is 0.890. The zero-order chi connectivity index (χ0) is 13.7. The lowest BCUT2D eigenvalue weighted by molar-refractivity contribution is -0.132. The van der Waals surface area contributed by atoms with Crippen LogP contribution in [0, 0.1) is 6.92 Å². The van der Waals surface area contributed by atoms with Crippen LogP contribution < -0.4 is 4.74 Å². The topological polar surface area (TPSA) is 58.2 Å². The summed E-state index contributed by atoms with van der Waals surface area (Å²) < 4.78 is 5.45. The predicted octanol–water partition coefficient (Wildman–Crippen LogP) is 1.76. The summed E-state index contributed by atoms with van der Waals surface area (Å²) in [6.07, 6.45) is 3.47. The Morgan fingerprint density at radius 2 is 2.11 bits per heavy atom. The second-order valence-electron chi connectivity index (χ2n) is 4.46. The van der Waals surface area contributed by atoms with Gasteiger partial charge < -0.3 is 9.64 Å². The van der Waals surface area contributed by atoms with Gasteiger partial charge in [0, 0.05) is 25.4 Å². The maximum absolute atomic E-state index is 11.9. The number of aromatic amines is 1. The van der Waals surface area contributed by atoms with Crippen molar-refractivity contribution in [2.75, 3.05) is 13.7 Å². The van der Waals surface area contributed by atoms with E-state index in [1.54, 1.807) is 24.3 Å². The van der Waals surface area contributed by atoms with Crippen LogP contribution in [0.4, 0.5) is 0 Å². The van der Waals surface area contributed by atoms with E-state index in [-0.39, 0.29) is 12.5 Å². The Hall–Kier alpha value is -2.30. The van der Waals surface area contributed by atoms with Crippen LogP contribution in [-0.4, -0.2) is 34.7 Å².